The number of unbranched alkanes of at least 4 members (excludes halogenated alkanes) is 2. The zero-order chi connectivity index (χ0) is 23.8. The van der Waals surface area contributed by atoms with Crippen LogP contribution in [0.25, 0.3) is 11.3 Å². The van der Waals surface area contributed by atoms with Gasteiger partial charge in [0.1, 0.15) is 11.4 Å². The molecule has 2 aromatic rings. The molecule has 0 saturated heterocycles. The van der Waals surface area contributed by atoms with Crippen LogP contribution in [-0.4, -0.2) is 47.1 Å². The first-order valence-corrected chi connectivity index (χ1v) is 13.1. The number of rotatable bonds is 11. The van der Waals surface area contributed by atoms with Gasteiger partial charge in [-0.1, -0.05) is 43.0 Å². The van der Waals surface area contributed by atoms with Crippen molar-refractivity contribution in [3.05, 3.63) is 46.1 Å². The Balaban J connectivity index is 1.81. The lowest BCUT2D eigenvalue weighted by molar-refractivity contribution is -0.757. The third-order valence-electron chi connectivity index (χ3n) is 5.91. The van der Waals surface area contributed by atoms with Crippen molar-refractivity contribution in [3.63, 3.8) is 0 Å². The fourth-order valence-corrected chi connectivity index (χ4v) is 4.80. The van der Waals surface area contributed by atoms with Gasteiger partial charge in [0.25, 0.3) is 5.09 Å². The van der Waals surface area contributed by atoms with Crippen molar-refractivity contribution in [3.8, 4) is 11.3 Å². The number of benzene rings is 1. The van der Waals surface area contributed by atoms with Gasteiger partial charge in [-0.25, -0.2) is 8.42 Å². The molecule has 3 rings (SSSR count). The molecule has 1 fully saturated rings. The summed E-state index contributed by atoms with van der Waals surface area (Å²) in [6.45, 7) is 0.0442. The zero-order valence-corrected chi connectivity index (χ0v) is 19.5. The van der Waals surface area contributed by atoms with Gasteiger partial charge >= 0.3 is 0 Å². The summed E-state index contributed by atoms with van der Waals surface area (Å²) < 4.78 is 25.6. The normalized spacial score (nSPS) is 15.5. The van der Waals surface area contributed by atoms with E-state index in [1.165, 1.54) is 12.7 Å². The Hall–Kier alpha value is -2.95. The molecule has 180 valence electrons. The zero-order valence-electron chi connectivity index (χ0n) is 18.7. The number of oxime groups is 1. The van der Waals surface area contributed by atoms with Crippen LogP contribution in [0.15, 0.2) is 40.4 Å². The lowest BCUT2D eigenvalue weighted by Gasteiger charge is -2.24. The quantitative estimate of drug-likeness (QED) is 0.166. The second-order valence-electron chi connectivity index (χ2n) is 8.36. The molecule has 0 unspecified atom stereocenters. The van der Waals surface area contributed by atoms with Crippen molar-refractivity contribution in [1.29, 1.82) is 0 Å². The van der Waals surface area contributed by atoms with Gasteiger partial charge in [-0.3, -0.25) is 4.68 Å². The average Bonchev–Trinajstić information content (AvgIpc) is 3.24. The first-order valence-electron chi connectivity index (χ1n) is 11.2. The molecule has 0 amide bonds. The van der Waals surface area contributed by atoms with Crippen LogP contribution < -0.4 is 0 Å². The minimum atomic E-state index is -3.29. The molecule has 0 spiro atoms. The average molecular weight is 479 g/mol. The van der Waals surface area contributed by atoms with Gasteiger partial charge in [-0.05, 0) is 55.9 Å². The van der Waals surface area contributed by atoms with Crippen molar-refractivity contribution in [2.75, 3.05) is 12.9 Å². The SMILES string of the molecule is CS(=O)(=O)c1ccc(-c2cc(/C(CCCCCO[N+](=O)[O-])=N\O)nn2C2CCCCC2)cc1. The first-order chi connectivity index (χ1) is 15.8. The molecule has 0 bridgehead atoms. The number of sulfone groups is 1. The highest BCUT2D eigenvalue weighted by Gasteiger charge is 2.23. The van der Waals surface area contributed by atoms with E-state index >= 15 is 0 Å². The van der Waals surface area contributed by atoms with Gasteiger partial charge < -0.3 is 10.0 Å². The molecule has 1 aliphatic carbocycles. The second kappa shape index (κ2) is 11.3. The van der Waals surface area contributed by atoms with E-state index in [2.05, 4.69) is 9.99 Å². The van der Waals surface area contributed by atoms with Crippen molar-refractivity contribution < 1.29 is 23.5 Å². The lowest BCUT2D eigenvalue weighted by atomic mass is 9.95. The maximum Gasteiger partial charge on any atom is 0.294 e. The topological polar surface area (TPSA) is 137 Å². The Labute approximate surface area is 193 Å². The van der Waals surface area contributed by atoms with Gasteiger partial charge in [-0.2, -0.15) is 5.10 Å². The molecule has 1 heterocycles. The summed E-state index contributed by atoms with van der Waals surface area (Å²) in [6, 6.07) is 8.86. The first kappa shape index (κ1) is 24.7. The molecule has 0 radical (unpaired) electrons. The molecular weight excluding hydrogens is 448 g/mol. The molecule has 10 nitrogen and oxygen atoms in total. The summed E-state index contributed by atoms with van der Waals surface area (Å²) in [6.07, 6.45) is 9.03. The predicted octanol–water partition coefficient (Wildman–Crippen LogP) is 4.41. The maximum atomic E-state index is 11.8. The van der Waals surface area contributed by atoms with Crippen LogP contribution in [0.4, 0.5) is 0 Å². The number of hydrogen-bond acceptors (Lipinski definition) is 8. The Bertz CT molecular complexity index is 1070. The van der Waals surface area contributed by atoms with Crippen LogP contribution in [0, 0.1) is 10.1 Å². The third-order valence-corrected chi connectivity index (χ3v) is 7.03. The van der Waals surface area contributed by atoms with Gasteiger partial charge in [-0.15, -0.1) is 10.1 Å². The molecule has 0 atom stereocenters. The standard InChI is InChI=1S/C22H30N4O6S/c1-33(30,31)19-13-11-17(12-14-19)22-16-21(23-25(22)18-8-4-2-5-9-18)20(24-27)10-6-3-7-15-32-26(28)29/h11-14,16,18,27H,2-10,15H2,1H3/b24-20-. The Morgan fingerprint density at radius 3 is 2.52 bits per heavy atom. The summed E-state index contributed by atoms with van der Waals surface area (Å²) in [5.74, 6) is 0. The van der Waals surface area contributed by atoms with E-state index in [-0.39, 0.29) is 17.5 Å². The molecule has 1 aromatic heterocycles. The van der Waals surface area contributed by atoms with Gasteiger partial charge in [0.15, 0.2) is 9.84 Å². The molecule has 11 heteroatoms. The van der Waals surface area contributed by atoms with E-state index < -0.39 is 14.9 Å². The van der Waals surface area contributed by atoms with Gasteiger partial charge in [0.2, 0.25) is 0 Å². The highest BCUT2D eigenvalue weighted by molar-refractivity contribution is 7.90. The molecule has 0 aliphatic heterocycles. The number of aromatic nitrogens is 2. The maximum absolute atomic E-state index is 11.8. The summed E-state index contributed by atoms with van der Waals surface area (Å²) in [5.41, 5.74) is 2.74. The summed E-state index contributed by atoms with van der Waals surface area (Å²) >= 11 is 0. The Kier molecular flexibility index (Phi) is 8.43. The highest BCUT2D eigenvalue weighted by Crippen LogP contribution is 2.33. The fraction of sp³-hybridized carbons (Fsp3) is 0.545. The van der Waals surface area contributed by atoms with Crippen LogP contribution in [0.2, 0.25) is 0 Å². The van der Waals surface area contributed by atoms with Crippen molar-refractivity contribution in [2.24, 2.45) is 5.16 Å². The molecule has 1 N–H and O–H groups in total. The van der Waals surface area contributed by atoms with E-state index in [0.29, 0.717) is 37.1 Å². The molecular formula is C22H30N4O6S. The Morgan fingerprint density at radius 1 is 1.21 bits per heavy atom. The van der Waals surface area contributed by atoms with E-state index in [1.807, 2.05) is 10.7 Å². The monoisotopic (exact) mass is 478 g/mol. The van der Waals surface area contributed by atoms with Crippen molar-refractivity contribution in [2.45, 2.75) is 68.7 Å². The van der Waals surface area contributed by atoms with E-state index in [0.717, 1.165) is 36.9 Å². The lowest BCUT2D eigenvalue weighted by Crippen LogP contribution is -2.16. The Morgan fingerprint density at radius 2 is 1.91 bits per heavy atom. The van der Waals surface area contributed by atoms with Crippen molar-refractivity contribution >= 4 is 15.5 Å². The highest BCUT2D eigenvalue weighted by atomic mass is 32.2. The van der Waals surface area contributed by atoms with Crippen molar-refractivity contribution in [1.82, 2.24) is 9.78 Å². The third kappa shape index (κ3) is 6.77. The van der Waals surface area contributed by atoms with Crippen LogP contribution in [0.5, 0.6) is 0 Å². The summed E-state index contributed by atoms with van der Waals surface area (Å²) in [5, 5.41) is 27.3. The van der Waals surface area contributed by atoms with Gasteiger partial charge in [0, 0.05) is 6.26 Å². The largest absolute Gasteiger partial charge is 0.411 e. The summed E-state index contributed by atoms with van der Waals surface area (Å²) in [7, 11) is -3.29. The molecule has 1 saturated carbocycles. The number of hydrogen-bond donors (Lipinski definition) is 1. The number of nitrogens with zero attached hydrogens (tertiary/aromatic N) is 4. The van der Waals surface area contributed by atoms with Crippen LogP contribution in [-0.2, 0) is 14.7 Å². The predicted molar refractivity (Wildman–Crippen MR) is 123 cm³/mol. The van der Waals surface area contributed by atoms with Crippen LogP contribution in [0.3, 0.4) is 0 Å². The van der Waals surface area contributed by atoms with Crippen LogP contribution in [0.1, 0.15) is 69.5 Å². The molecule has 33 heavy (non-hydrogen) atoms. The van der Waals surface area contributed by atoms with E-state index in [1.54, 1.807) is 24.3 Å². The second-order valence-corrected chi connectivity index (χ2v) is 10.4. The minimum absolute atomic E-state index is 0.0442. The minimum Gasteiger partial charge on any atom is -0.411 e. The van der Waals surface area contributed by atoms with Gasteiger partial charge in [0.05, 0.1) is 23.2 Å². The van der Waals surface area contributed by atoms with E-state index in [9.17, 15) is 23.7 Å². The molecule has 1 aliphatic rings. The fourth-order valence-electron chi connectivity index (χ4n) is 4.17. The smallest absolute Gasteiger partial charge is 0.294 e. The summed E-state index contributed by atoms with van der Waals surface area (Å²) in [4.78, 5) is 14.8. The molecule has 1 aromatic carbocycles. The van der Waals surface area contributed by atoms with Crippen LogP contribution >= 0.6 is 0 Å². The van der Waals surface area contributed by atoms with E-state index in [4.69, 9.17) is 5.10 Å².